The lowest BCUT2D eigenvalue weighted by Crippen LogP contribution is -2.66. The molecule has 4 aliphatic carbocycles. The van der Waals surface area contributed by atoms with Crippen LogP contribution in [-0.2, 0) is 14.3 Å². The summed E-state index contributed by atoms with van der Waals surface area (Å²) in [6.45, 7) is 6.61. The first-order valence-corrected chi connectivity index (χ1v) is 12.7. The maximum Gasteiger partial charge on any atom is 0.338 e. The van der Waals surface area contributed by atoms with E-state index in [0.29, 0.717) is 12.0 Å². The second kappa shape index (κ2) is 7.82. The number of esters is 2. The molecule has 1 N–H and O–H groups in total. The molecule has 6 heteroatoms. The summed E-state index contributed by atoms with van der Waals surface area (Å²) in [5.41, 5.74) is 0.435. The molecule has 1 spiro atoms. The van der Waals surface area contributed by atoms with Crippen molar-refractivity contribution in [2.45, 2.75) is 78.2 Å². The molecule has 0 saturated heterocycles. The number of methoxy groups -OCH3 is 1. The smallest absolute Gasteiger partial charge is 0.338 e. The van der Waals surface area contributed by atoms with Crippen LogP contribution in [0.2, 0.25) is 0 Å². The molecule has 184 valence electrons. The number of carbonyl (C=O) groups is 2. The lowest BCUT2D eigenvalue weighted by atomic mass is 9.37. The van der Waals surface area contributed by atoms with Gasteiger partial charge in [-0.2, -0.15) is 0 Å². The third-order valence-corrected chi connectivity index (χ3v) is 10.6. The van der Waals surface area contributed by atoms with Crippen LogP contribution in [-0.4, -0.2) is 36.1 Å². The number of fused-ring (bicyclic) bond motifs is 2. The summed E-state index contributed by atoms with van der Waals surface area (Å²) in [5.74, 6) is -0.415. The predicted octanol–water partition coefficient (Wildman–Crippen LogP) is 5.63. The van der Waals surface area contributed by atoms with Gasteiger partial charge < -0.3 is 14.7 Å². The Morgan fingerprint density at radius 2 is 1.79 bits per heavy atom. The van der Waals surface area contributed by atoms with Crippen molar-refractivity contribution in [2.24, 2.45) is 38.7 Å². The number of carbonyl (C=O) groups excluding carboxylic acids is 2. The second-order valence-corrected chi connectivity index (χ2v) is 12.0. The zero-order valence-corrected chi connectivity index (χ0v) is 20.8. The Kier molecular flexibility index (Phi) is 5.38. The third-order valence-electron chi connectivity index (χ3n) is 10.6. The van der Waals surface area contributed by atoms with E-state index in [-0.39, 0.29) is 40.0 Å². The Morgan fingerprint density at radius 1 is 1.06 bits per heavy atom. The summed E-state index contributed by atoms with van der Waals surface area (Å²) in [4.78, 5) is 26.5. The fraction of sp³-hybridized carbons (Fsp3) is 0.679. The Balaban J connectivity index is 1.61. The van der Waals surface area contributed by atoms with Gasteiger partial charge in [-0.3, -0.25) is 4.79 Å². The zero-order chi connectivity index (χ0) is 24.4. The molecule has 1 aromatic carbocycles. The molecule has 6 nitrogen and oxygen atoms in total. The van der Waals surface area contributed by atoms with E-state index in [2.05, 4.69) is 19.0 Å². The predicted molar refractivity (Wildman–Crippen MR) is 128 cm³/mol. The van der Waals surface area contributed by atoms with Gasteiger partial charge in [0, 0.05) is 11.3 Å². The lowest BCUT2D eigenvalue weighted by molar-refractivity contribution is -0.221. The van der Waals surface area contributed by atoms with Gasteiger partial charge in [-0.05, 0) is 80.8 Å². The van der Waals surface area contributed by atoms with E-state index in [9.17, 15) is 14.8 Å². The molecule has 5 rings (SSSR count). The number of nitrogens with zero attached hydrogens (tertiary/aromatic N) is 1. The zero-order valence-electron chi connectivity index (χ0n) is 20.8. The van der Waals surface area contributed by atoms with Gasteiger partial charge in [-0.1, -0.05) is 43.6 Å². The van der Waals surface area contributed by atoms with Crippen LogP contribution in [0.5, 0.6) is 0 Å². The van der Waals surface area contributed by atoms with Crippen molar-refractivity contribution in [3.63, 3.8) is 0 Å². The molecule has 0 aliphatic heterocycles. The average Bonchev–Trinajstić information content (AvgIpc) is 3.14. The minimum absolute atomic E-state index is 0.0337. The number of oxime groups is 1. The van der Waals surface area contributed by atoms with Gasteiger partial charge in [0.15, 0.2) is 0 Å². The molecule has 0 heterocycles. The molecule has 1 aromatic rings. The van der Waals surface area contributed by atoms with E-state index < -0.39 is 11.5 Å². The van der Waals surface area contributed by atoms with Crippen LogP contribution in [0.15, 0.2) is 35.5 Å². The molecule has 7 atom stereocenters. The quantitative estimate of drug-likeness (QED) is 0.354. The molecule has 4 saturated carbocycles. The molecule has 4 fully saturated rings. The number of ether oxygens (including phenoxy) is 2. The summed E-state index contributed by atoms with van der Waals surface area (Å²) >= 11 is 0. The van der Waals surface area contributed by atoms with Gasteiger partial charge in [0.2, 0.25) is 0 Å². The van der Waals surface area contributed by atoms with Gasteiger partial charge in [0.25, 0.3) is 0 Å². The van der Waals surface area contributed by atoms with E-state index in [1.165, 1.54) is 7.11 Å². The van der Waals surface area contributed by atoms with Crippen molar-refractivity contribution in [1.82, 2.24) is 0 Å². The number of hydrogen-bond donors (Lipinski definition) is 1. The minimum Gasteiger partial charge on any atom is -0.469 e. The molecule has 4 aliphatic rings. The van der Waals surface area contributed by atoms with Crippen LogP contribution < -0.4 is 0 Å². The first-order chi connectivity index (χ1) is 16.1. The van der Waals surface area contributed by atoms with Crippen molar-refractivity contribution < 1.29 is 24.3 Å². The summed E-state index contributed by atoms with van der Waals surface area (Å²) in [6.07, 6.45) is 6.71. The Hall–Kier alpha value is -2.37. The molecule has 0 amide bonds. The van der Waals surface area contributed by atoms with Crippen molar-refractivity contribution in [1.29, 1.82) is 0 Å². The van der Waals surface area contributed by atoms with E-state index in [1.54, 1.807) is 12.1 Å². The van der Waals surface area contributed by atoms with Crippen molar-refractivity contribution >= 4 is 17.7 Å². The normalized spacial score (nSPS) is 44.1. The molecule has 0 unspecified atom stereocenters. The maximum atomic E-state index is 13.3. The molecule has 2 bridgehead atoms. The number of benzene rings is 1. The Morgan fingerprint density at radius 3 is 2.47 bits per heavy atom. The highest BCUT2D eigenvalue weighted by Gasteiger charge is 2.73. The number of rotatable bonds is 3. The van der Waals surface area contributed by atoms with Gasteiger partial charge in [-0.25, -0.2) is 4.79 Å². The molecular weight excluding hydrogens is 430 g/mol. The van der Waals surface area contributed by atoms with E-state index in [1.807, 2.05) is 25.1 Å². The first kappa shape index (κ1) is 23.4. The first-order valence-electron chi connectivity index (χ1n) is 12.7. The second-order valence-electron chi connectivity index (χ2n) is 12.0. The highest BCUT2D eigenvalue weighted by atomic mass is 16.5. The standard InChI is InChI=1S/C28H37NO5/c1-25-13-14-28(17-25)19(16-21(25)29-32)15-20(34-23(30)18-9-6-5-7-10-18)22-26(2,24(31)33-4)11-8-12-27(22,28)3/h5-7,9-10,19-20,22,32H,8,11-17H2,1-4H3/b29-21+/t19-,20+,22-,25-,26+,27-,28-/m0/s1. The third kappa shape index (κ3) is 3.02. The van der Waals surface area contributed by atoms with Gasteiger partial charge in [0.05, 0.1) is 23.8 Å². The van der Waals surface area contributed by atoms with Gasteiger partial charge >= 0.3 is 11.9 Å². The van der Waals surface area contributed by atoms with E-state index in [4.69, 9.17) is 9.47 Å². The highest BCUT2D eigenvalue weighted by molar-refractivity contribution is 5.92. The molecule has 0 aromatic heterocycles. The minimum atomic E-state index is -0.715. The van der Waals surface area contributed by atoms with Crippen LogP contribution in [0.25, 0.3) is 0 Å². The van der Waals surface area contributed by atoms with Gasteiger partial charge in [-0.15, -0.1) is 0 Å². The molecular formula is C28H37NO5. The highest BCUT2D eigenvalue weighted by Crippen LogP contribution is 2.76. The largest absolute Gasteiger partial charge is 0.469 e. The Bertz CT molecular complexity index is 1020. The average molecular weight is 468 g/mol. The van der Waals surface area contributed by atoms with Crippen molar-refractivity contribution in [2.75, 3.05) is 7.11 Å². The fourth-order valence-electron chi connectivity index (χ4n) is 9.06. The van der Waals surface area contributed by atoms with Crippen LogP contribution in [0.1, 0.15) is 82.5 Å². The van der Waals surface area contributed by atoms with Crippen molar-refractivity contribution in [3.8, 4) is 0 Å². The van der Waals surface area contributed by atoms with Crippen molar-refractivity contribution in [3.05, 3.63) is 35.9 Å². The van der Waals surface area contributed by atoms with Crippen LogP contribution >= 0.6 is 0 Å². The maximum absolute atomic E-state index is 13.3. The summed E-state index contributed by atoms with van der Waals surface area (Å²) in [7, 11) is 1.46. The SMILES string of the molecule is COC(=O)[C@]1(C)CCC[C@@]2(C)[C@H]1[C@H](OC(=O)c1ccccc1)C[C@H]1C/C(=N\O)[C@@]3(C)CC[C@]12C3. The topological polar surface area (TPSA) is 85.2 Å². The molecule has 0 radical (unpaired) electrons. The van der Waals surface area contributed by atoms with Crippen LogP contribution in [0, 0.1) is 33.5 Å². The monoisotopic (exact) mass is 467 g/mol. The Labute approximate surface area is 202 Å². The summed E-state index contributed by atoms with van der Waals surface area (Å²) in [6, 6.07) is 9.08. The summed E-state index contributed by atoms with van der Waals surface area (Å²) < 4.78 is 11.7. The van der Waals surface area contributed by atoms with Crippen LogP contribution in [0.4, 0.5) is 0 Å². The fourth-order valence-corrected chi connectivity index (χ4v) is 9.06. The molecule has 34 heavy (non-hydrogen) atoms. The van der Waals surface area contributed by atoms with Gasteiger partial charge in [0.1, 0.15) is 6.10 Å². The van der Waals surface area contributed by atoms with Crippen LogP contribution in [0.3, 0.4) is 0 Å². The lowest BCUT2D eigenvalue weighted by Gasteiger charge is -2.67. The summed E-state index contributed by atoms with van der Waals surface area (Å²) in [5, 5.41) is 13.6. The number of hydrogen-bond acceptors (Lipinski definition) is 6. The van der Waals surface area contributed by atoms with E-state index in [0.717, 1.165) is 50.7 Å². The van der Waals surface area contributed by atoms with E-state index >= 15 is 0 Å².